The van der Waals surface area contributed by atoms with Crippen molar-refractivity contribution in [2.45, 2.75) is 6.18 Å². The van der Waals surface area contributed by atoms with E-state index in [1.807, 2.05) is 0 Å². The Hall–Kier alpha value is -1.51. The Bertz CT molecular complexity index is 563. The third kappa shape index (κ3) is 5.85. The van der Waals surface area contributed by atoms with Gasteiger partial charge < -0.3 is 15.4 Å². The van der Waals surface area contributed by atoms with E-state index in [0.29, 0.717) is 26.3 Å². The van der Waals surface area contributed by atoms with Crippen LogP contribution in [-0.4, -0.2) is 56.7 Å². The number of anilines is 1. The fraction of sp³-hybridized carbons (Fsp3) is 0.533. The lowest BCUT2D eigenvalue weighted by Gasteiger charge is -2.26. The average molecular weight is 366 g/mol. The van der Waals surface area contributed by atoms with Gasteiger partial charge in [0.15, 0.2) is 0 Å². The first-order valence-corrected chi connectivity index (χ1v) is 7.91. The van der Waals surface area contributed by atoms with Crippen molar-refractivity contribution in [1.82, 2.24) is 10.2 Å². The van der Waals surface area contributed by atoms with Crippen LogP contribution in [-0.2, 0) is 15.7 Å². The summed E-state index contributed by atoms with van der Waals surface area (Å²) in [4.78, 5) is 13.9. The highest BCUT2D eigenvalue weighted by Gasteiger charge is 2.30. The van der Waals surface area contributed by atoms with E-state index in [0.717, 1.165) is 31.3 Å². The van der Waals surface area contributed by atoms with Gasteiger partial charge in [-0.2, -0.15) is 13.2 Å². The van der Waals surface area contributed by atoms with E-state index in [1.54, 1.807) is 0 Å². The number of hydrogen-bond donors (Lipinski definition) is 2. The van der Waals surface area contributed by atoms with Crippen LogP contribution in [0.5, 0.6) is 0 Å². The smallest absolute Gasteiger partial charge is 0.379 e. The number of amides is 1. The van der Waals surface area contributed by atoms with Crippen LogP contribution >= 0.6 is 11.6 Å². The molecule has 5 nitrogen and oxygen atoms in total. The number of alkyl halides is 3. The van der Waals surface area contributed by atoms with Crippen molar-refractivity contribution in [3.63, 3.8) is 0 Å². The molecule has 0 radical (unpaired) electrons. The second-order valence-electron chi connectivity index (χ2n) is 5.35. The molecule has 0 atom stereocenters. The molecule has 0 bridgehead atoms. The van der Waals surface area contributed by atoms with Gasteiger partial charge in [0, 0.05) is 26.2 Å². The second kappa shape index (κ2) is 8.55. The van der Waals surface area contributed by atoms with Gasteiger partial charge in [-0.15, -0.1) is 0 Å². The molecule has 2 N–H and O–H groups in total. The van der Waals surface area contributed by atoms with Crippen LogP contribution in [0.4, 0.5) is 18.9 Å². The van der Waals surface area contributed by atoms with Gasteiger partial charge in [-0.25, -0.2) is 0 Å². The predicted molar refractivity (Wildman–Crippen MR) is 85.2 cm³/mol. The molecule has 1 heterocycles. The summed E-state index contributed by atoms with van der Waals surface area (Å²) in [5, 5.41) is 5.48. The molecule has 1 aromatic carbocycles. The van der Waals surface area contributed by atoms with E-state index in [-0.39, 0.29) is 23.2 Å². The summed E-state index contributed by atoms with van der Waals surface area (Å²) < 4.78 is 43.3. The minimum Gasteiger partial charge on any atom is -0.379 e. The van der Waals surface area contributed by atoms with E-state index in [1.165, 1.54) is 0 Å². The molecule has 1 aromatic rings. The number of halogens is 4. The molecule has 0 unspecified atom stereocenters. The van der Waals surface area contributed by atoms with Crippen molar-refractivity contribution in [3.8, 4) is 0 Å². The van der Waals surface area contributed by atoms with Crippen LogP contribution in [0.2, 0.25) is 5.02 Å². The molecule has 24 heavy (non-hydrogen) atoms. The van der Waals surface area contributed by atoms with Gasteiger partial charge in [-0.1, -0.05) is 11.6 Å². The third-order valence-electron chi connectivity index (χ3n) is 3.59. The molecular weight excluding hydrogens is 347 g/mol. The first-order valence-electron chi connectivity index (χ1n) is 7.53. The van der Waals surface area contributed by atoms with Gasteiger partial charge >= 0.3 is 6.18 Å². The summed E-state index contributed by atoms with van der Waals surface area (Å²) in [5.41, 5.74) is -0.739. The molecular formula is C15H19ClF3N3O2. The van der Waals surface area contributed by atoms with Crippen molar-refractivity contribution >= 4 is 23.2 Å². The Labute approximate surface area is 143 Å². The maximum atomic E-state index is 12.7. The Morgan fingerprint density at radius 2 is 2.00 bits per heavy atom. The molecule has 134 valence electrons. The molecule has 1 amide bonds. The van der Waals surface area contributed by atoms with E-state index in [4.69, 9.17) is 16.3 Å². The lowest BCUT2D eigenvalue weighted by atomic mass is 10.2. The van der Waals surface area contributed by atoms with Crippen molar-refractivity contribution < 1.29 is 22.7 Å². The van der Waals surface area contributed by atoms with Crippen LogP contribution in [0, 0.1) is 0 Å². The maximum Gasteiger partial charge on any atom is 0.416 e. The summed E-state index contributed by atoms with van der Waals surface area (Å²) in [6, 6.07) is 2.95. The zero-order chi connectivity index (χ0) is 17.6. The highest BCUT2D eigenvalue weighted by molar-refractivity contribution is 6.33. The number of carbonyl (C=O) groups is 1. The first-order chi connectivity index (χ1) is 11.4. The molecule has 0 saturated carbocycles. The molecule has 0 spiro atoms. The minimum atomic E-state index is -4.46. The summed E-state index contributed by atoms with van der Waals surface area (Å²) in [7, 11) is 0. The van der Waals surface area contributed by atoms with Crippen LogP contribution in [0.3, 0.4) is 0 Å². The monoisotopic (exact) mass is 365 g/mol. The van der Waals surface area contributed by atoms with Crippen molar-refractivity contribution in [3.05, 3.63) is 28.8 Å². The second-order valence-corrected chi connectivity index (χ2v) is 5.76. The molecule has 1 fully saturated rings. The van der Waals surface area contributed by atoms with E-state index in [2.05, 4.69) is 15.5 Å². The number of rotatable bonds is 6. The number of carbonyl (C=O) groups excluding carboxylic acids is 1. The van der Waals surface area contributed by atoms with Crippen LogP contribution < -0.4 is 10.6 Å². The predicted octanol–water partition coefficient (Wildman–Crippen LogP) is 2.22. The molecule has 0 aromatic heterocycles. The van der Waals surface area contributed by atoms with Gasteiger partial charge in [0.1, 0.15) is 0 Å². The normalized spacial score (nSPS) is 16.0. The summed E-state index contributed by atoms with van der Waals surface area (Å²) in [6.07, 6.45) is -4.46. The molecule has 1 aliphatic heterocycles. The van der Waals surface area contributed by atoms with E-state index in [9.17, 15) is 18.0 Å². The highest BCUT2D eigenvalue weighted by atomic mass is 35.5. The quantitative estimate of drug-likeness (QED) is 0.811. The van der Waals surface area contributed by atoms with Gasteiger partial charge in [0.05, 0.1) is 36.0 Å². The van der Waals surface area contributed by atoms with E-state index >= 15 is 0 Å². The maximum absolute atomic E-state index is 12.7. The number of nitrogens with one attached hydrogen (secondary N) is 2. The van der Waals surface area contributed by atoms with Crippen molar-refractivity contribution in [2.24, 2.45) is 0 Å². The first kappa shape index (κ1) is 18.8. The highest BCUT2D eigenvalue weighted by Crippen LogP contribution is 2.33. The number of ether oxygens (including phenoxy) is 1. The molecule has 2 rings (SSSR count). The number of nitrogens with zero attached hydrogens (tertiary/aromatic N) is 1. The van der Waals surface area contributed by atoms with Crippen LogP contribution in [0.25, 0.3) is 0 Å². The minimum absolute atomic E-state index is 0.0785. The number of hydrogen-bond acceptors (Lipinski definition) is 4. The Balaban J connectivity index is 1.76. The lowest BCUT2D eigenvalue weighted by Crippen LogP contribution is -2.42. The number of benzene rings is 1. The van der Waals surface area contributed by atoms with Crippen molar-refractivity contribution in [2.75, 3.05) is 51.3 Å². The zero-order valence-electron chi connectivity index (χ0n) is 13.0. The van der Waals surface area contributed by atoms with Gasteiger partial charge in [0.2, 0.25) is 5.91 Å². The molecule has 1 aliphatic rings. The fourth-order valence-electron chi connectivity index (χ4n) is 2.25. The van der Waals surface area contributed by atoms with Gasteiger partial charge in [-0.05, 0) is 18.2 Å². The SMILES string of the molecule is O=C(CNc1cc(C(F)(F)F)ccc1Cl)NCCN1CCOCC1. The average Bonchev–Trinajstić information content (AvgIpc) is 2.54. The lowest BCUT2D eigenvalue weighted by molar-refractivity contribution is -0.137. The Morgan fingerprint density at radius 1 is 1.29 bits per heavy atom. The van der Waals surface area contributed by atoms with Crippen LogP contribution in [0.15, 0.2) is 18.2 Å². The zero-order valence-corrected chi connectivity index (χ0v) is 13.7. The summed E-state index contributed by atoms with van der Waals surface area (Å²) in [6.45, 7) is 4.05. The van der Waals surface area contributed by atoms with Gasteiger partial charge in [-0.3, -0.25) is 9.69 Å². The Kier molecular flexibility index (Phi) is 6.70. The largest absolute Gasteiger partial charge is 0.416 e. The number of morpholine rings is 1. The van der Waals surface area contributed by atoms with Gasteiger partial charge in [0.25, 0.3) is 0 Å². The standard InChI is InChI=1S/C15H19ClF3N3O2/c16-12-2-1-11(15(17,18)19)9-13(12)21-10-14(23)20-3-4-22-5-7-24-8-6-22/h1-2,9,21H,3-8,10H2,(H,20,23). The Morgan fingerprint density at radius 3 is 2.67 bits per heavy atom. The van der Waals surface area contributed by atoms with Crippen LogP contribution in [0.1, 0.15) is 5.56 Å². The molecule has 0 aliphatic carbocycles. The topological polar surface area (TPSA) is 53.6 Å². The van der Waals surface area contributed by atoms with E-state index < -0.39 is 11.7 Å². The third-order valence-corrected chi connectivity index (χ3v) is 3.92. The van der Waals surface area contributed by atoms with Crippen molar-refractivity contribution in [1.29, 1.82) is 0 Å². The summed E-state index contributed by atoms with van der Waals surface area (Å²) in [5.74, 6) is -0.309. The fourth-order valence-corrected chi connectivity index (χ4v) is 2.44. The molecule has 1 saturated heterocycles. The summed E-state index contributed by atoms with van der Waals surface area (Å²) >= 11 is 5.86. The molecule has 9 heteroatoms.